The molecule has 0 atom stereocenters. The quantitative estimate of drug-likeness (QED) is 0.592. The summed E-state index contributed by atoms with van der Waals surface area (Å²) in [6.07, 6.45) is 2.04. The van der Waals surface area contributed by atoms with Crippen LogP contribution in [0.15, 0.2) is 0 Å². The van der Waals surface area contributed by atoms with Gasteiger partial charge in [0.1, 0.15) is 0 Å². The summed E-state index contributed by atoms with van der Waals surface area (Å²) in [5.74, 6) is -0.220. The van der Waals surface area contributed by atoms with E-state index in [9.17, 15) is 0 Å². The van der Waals surface area contributed by atoms with Crippen molar-refractivity contribution in [3.8, 4) is 0 Å². The molecule has 0 aliphatic carbocycles. The molecule has 0 unspecified atom stereocenters. The molecule has 82 valence electrons. The van der Waals surface area contributed by atoms with Gasteiger partial charge >= 0.3 is 0 Å². The lowest BCUT2D eigenvalue weighted by Gasteiger charge is -2.43. The molecule has 0 aromatic carbocycles. The third-order valence-corrected chi connectivity index (χ3v) is 3.29. The highest BCUT2D eigenvalue weighted by atomic mass is 16.7. The number of hydrogen-bond acceptors (Lipinski definition) is 3. The molecule has 0 aromatic heterocycles. The molecule has 2 rings (SSSR count). The molecule has 0 aromatic rings. The molecule has 0 radical (unpaired) electrons. The van der Waals surface area contributed by atoms with Crippen LogP contribution in [0, 0.1) is 0 Å². The second-order valence-electron chi connectivity index (χ2n) is 5.27. The van der Waals surface area contributed by atoms with Crippen molar-refractivity contribution in [1.82, 2.24) is 4.90 Å². The van der Waals surface area contributed by atoms with Crippen LogP contribution >= 0.6 is 0 Å². The Morgan fingerprint density at radius 2 is 1.50 bits per heavy atom. The van der Waals surface area contributed by atoms with Gasteiger partial charge in [0.15, 0.2) is 5.79 Å². The van der Waals surface area contributed by atoms with Gasteiger partial charge in [-0.05, 0) is 20.8 Å². The van der Waals surface area contributed by atoms with Crippen LogP contribution in [0.1, 0.15) is 33.6 Å². The van der Waals surface area contributed by atoms with Crippen molar-refractivity contribution in [1.29, 1.82) is 0 Å². The Balaban J connectivity index is 1.92. The van der Waals surface area contributed by atoms with E-state index in [2.05, 4.69) is 25.7 Å². The lowest BCUT2D eigenvalue weighted by Crippen LogP contribution is -2.51. The minimum absolute atomic E-state index is 0.220. The highest BCUT2D eigenvalue weighted by Gasteiger charge is 2.41. The first-order chi connectivity index (χ1) is 6.52. The van der Waals surface area contributed by atoms with Gasteiger partial charge in [-0.3, -0.25) is 4.90 Å². The molecule has 0 bridgehead atoms. The van der Waals surface area contributed by atoms with Crippen molar-refractivity contribution in [2.75, 3.05) is 26.3 Å². The third kappa shape index (κ3) is 1.95. The van der Waals surface area contributed by atoms with Gasteiger partial charge in [-0.2, -0.15) is 0 Å². The van der Waals surface area contributed by atoms with Crippen LogP contribution in [0.4, 0.5) is 0 Å². The molecule has 2 aliphatic rings. The van der Waals surface area contributed by atoms with Crippen LogP contribution in [-0.4, -0.2) is 42.5 Å². The van der Waals surface area contributed by atoms with Gasteiger partial charge in [-0.15, -0.1) is 0 Å². The standard InChI is InChI=1S/C11H21NO2/c1-10(2,3)12-6-4-11(5-7-12)13-8-9-14-11/h4-9H2,1-3H3. The van der Waals surface area contributed by atoms with Crippen molar-refractivity contribution in [3.05, 3.63) is 0 Å². The summed E-state index contributed by atoms with van der Waals surface area (Å²) in [7, 11) is 0. The average Bonchev–Trinajstić information content (AvgIpc) is 2.53. The molecule has 0 saturated carbocycles. The fraction of sp³-hybridized carbons (Fsp3) is 1.00. The Hall–Kier alpha value is -0.120. The maximum Gasteiger partial charge on any atom is 0.170 e. The van der Waals surface area contributed by atoms with E-state index in [-0.39, 0.29) is 11.3 Å². The summed E-state index contributed by atoms with van der Waals surface area (Å²) in [4.78, 5) is 2.50. The lowest BCUT2D eigenvalue weighted by molar-refractivity contribution is -0.190. The number of piperidine rings is 1. The monoisotopic (exact) mass is 199 g/mol. The third-order valence-electron chi connectivity index (χ3n) is 3.29. The first-order valence-electron chi connectivity index (χ1n) is 5.55. The molecule has 2 fully saturated rings. The van der Waals surface area contributed by atoms with E-state index in [1.165, 1.54) is 0 Å². The van der Waals surface area contributed by atoms with Crippen molar-refractivity contribution >= 4 is 0 Å². The molecule has 3 heteroatoms. The molecule has 14 heavy (non-hydrogen) atoms. The fourth-order valence-electron chi connectivity index (χ4n) is 2.30. The van der Waals surface area contributed by atoms with Gasteiger partial charge in [-0.1, -0.05) is 0 Å². The molecule has 1 spiro atoms. The van der Waals surface area contributed by atoms with Crippen LogP contribution in [-0.2, 0) is 9.47 Å². The number of nitrogens with zero attached hydrogens (tertiary/aromatic N) is 1. The molecule has 2 saturated heterocycles. The van der Waals surface area contributed by atoms with Crippen LogP contribution < -0.4 is 0 Å². The van der Waals surface area contributed by atoms with Crippen LogP contribution in [0.3, 0.4) is 0 Å². The maximum atomic E-state index is 5.69. The Morgan fingerprint density at radius 3 is 1.93 bits per heavy atom. The second-order valence-corrected chi connectivity index (χ2v) is 5.27. The number of ether oxygens (including phenoxy) is 2. The van der Waals surface area contributed by atoms with Gasteiger partial charge in [0.2, 0.25) is 0 Å². The maximum absolute atomic E-state index is 5.69. The molecule has 0 amide bonds. The lowest BCUT2D eigenvalue weighted by atomic mass is 9.97. The van der Waals surface area contributed by atoms with E-state index >= 15 is 0 Å². The van der Waals surface area contributed by atoms with Crippen molar-refractivity contribution in [3.63, 3.8) is 0 Å². The van der Waals surface area contributed by atoms with Crippen LogP contribution in [0.5, 0.6) is 0 Å². The minimum atomic E-state index is -0.220. The van der Waals surface area contributed by atoms with Gasteiger partial charge < -0.3 is 9.47 Å². The topological polar surface area (TPSA) is 21.7 Å². The minimum Gasteiger partial charge on any atom is -0.347 e. The summed E-state index contributed by atoms with van der Waals surface area (Å²) in [5, 5.41) is 0. The number of rotatable bonds is 0. The van der Waals surface area contributed by atoms with E-state index in [4.69, 9.17) is 9.47 Å². The van der Waals surface area contributed by atoms with Crippen molar-refractivity contribution in [2.24, 2.45) is 0 Å². The summed E-state index contributed by atoms with van der Waals surface area (Å²) < 4.78 is 11.4. The van der Waals surface area contributed by atoms with E-state index in [0.717, 1.165) is 39.1 Å². The van der Waals surface area contributed by atoms with E-state index in [1.54, 1.807) is 0 Å². The van der Waals surface area contributed by atoms with Crippen molar-refractivity contribution in [2.45, 2.75) is 44.9 Å². The Bertz CT molecular complexity index is 194. The Kier molecular flexibility index (Phi) is 2.58. The zero-order valence-electron chi connectivity index (χ0n) is 9.51. The first kappa shape index (κ1) is 10.4. The predicted octanol–water partition coefficient (Wildman–Crippen LogP) is 1.62. The number of hydrogen-bond donors (Lipinski definition) is 0. The summed E-state index contributed by atoms with van der Waals surface area (Å²) >= 11 is 0. The molecular weight excluding hydrogens is 178 g/mol. The molecule has 0 N–H and O–H groups in total. The smallest absolute Gasteiger partial charge is 0.170 e. The van der Waals surface area contributed by atoms with Gasteiger partial charge in [-0.25, -0.2) is 0 Å². The summed E-state index contributed by atoms with van der Waals surface area (Å²) in [5.41, 5.74) is 0.278. The normalized spacial score (nSPS) is 28.5. The van der Waals surface area contributed by atoms with E-state index in [0.29, 0.717) is 0 Å². The SMILES string of the molecule is CC(C)(C)N1CCC2(CC1)OCCO2. The molecule has 2 heterocycles. The average molecular weight is 199 g/mol. The highest BCUT2D eigenvalue weighted by Crippen LogP contribution is 2.33. The van der Waals surface area contributed by atoms with Gasteiger partial charge in [0.05, 0.1) is 13.2 Å². The summed E-state index contributed by atoms with van der Waals surface area (Å²) in [6, 6.07) is 0. The first-order valence-corrected chi connectivity index (χ1v) is 5.55. The zero-order chi connectivity index (χ0) is 10.2. The van der Waals surface area contributed by atoms with E-state index < -0.39 is 0 Å². The molecular formula is C11H21NO2. The fourth-order valence-corrected chi connectivity index (χ4v) is 2.30. The Labute approximate surface area is 86.4 Å². The van der Waals surface area contributed by atoms with Gasteiger partial charge in [0.25, 0.3) is 0 Å². The predicted molar refractivity (Wildman–Crippen MR) is 55.2 cm³/mol. The van der Waals surface area contributed by atoms with Crippen LogP contribution in [0.25, 0.3) is 0 Å². The molecule has 3 nitrogen and oxygen atoms in total. The molecule has 2 aliphatic heterocycles. The Morgan fingerprint density at radius 1 is 1.00 bits per heavy atom. The van der Waals surface area contributed by atoms with Gasteiger partial charge in [0, 0.05) is 31.5 Å². The van der Waals surface area contributed by atoms with E-state index in [1.807, 2.05) is 0 Å². The number of likely N-dealkylation sites (tertiary alicyclic amines) is 1. The largest absolute Gasteiger partial charge is 0.347 e. The summed E-state index contributed by atoms with van der Waals surface area (Å²) in [6.45, 7) is 10.5. The zero-order valence-corrected chi connectivity index (χ0v) is 9.51. The van der Waals surface area contributed by atoms with Crippen LogP contribution in [0.2, 0.25) is 0 Å². The van der Waals surface area contributed by atoms with Crippen molar-refractivity contribution < 1.29 is 9.47 Å². The second kappa shape index (κ2) is 3.47. The highest BCUT2D eigenvalue weighted by molar-refractivity contribution is 4.87.